The molecule has 0 bridgehead atoms. The number of aryl methyl sites for hydroxylation is 1. The summed E-state index contributed by atoms with van der Waals surface area (Å²) in [5, 5.41) is 3.16. The molecule has 1 aliphatic rings. The van der Waals surface area contributed by atoms with Crippen molar-refractivity contribution in [1.29, 1.82) is 0 Å². The van der Waals surface area contributed by atoms with Gasteiger partial charge in [-0.25, -0.2) is 0 Å². The van der Waals surface area contributed by atoms with Crippen molar-refractivity contribution in [3.8, 4) is 0 Å². The predicted molar refractivity (Wildman–Crippen MR) is 124 cm³/mol. The van der Waals surface area contributed by atoms with Gasteiger partial charge in [-0.15, -0.1) is 0 Å². The van der Waals surface area contributed by atoms with Gasteiger partial charge in [0.1, 0.15) is 0 Å². The standard InChI is InChI=1S/C25H39N3O2/c1-6-25(13-15-26,14-16-27-23(29)21-10-8-7-9-18(21)2)22-17-20(12-11-19(22)3)24(30)28(4)5/h11-12,17H,6-10,13-16,26H2,1-5H3,(H,27,29). The van der Waals surface area contributed by atoms with Crippen molar-refractivity contribution in [2.75, 3.05) is 27.2 Å². The average Bonchev–Trinajstić information content (AvgIpc) is 2.73. The first kappa shape index (κ1) is 24.1. The summed E-state index contributed by atoms with van der Waals surface area (Å²) in [6.07, 6.45) is 6.72. The Hall–Kier alpha value is -2.14. The molecule has 5 heteroatoms. The molecule has 0 saturated carbocycles. The van der Waals surface area contributed by atoms with E-state index in [9.17, 15) is 9.59 Å². The summed E-state index contributed by atoms with van der Waals surface area (Å²) in [5.74, 6) is 0.0835. The third kappa shape index (κ3) is 5.51. The fourth-order valence-electron chi connectivity index (χ4n) is 4.68. The van der Waals surface area contributed by atoms with E-state index in [2.05, 4.69) is 26.1 Å². The van der Waals surface area contributed by atoms with Crippen LogP contribution in [0.25, 0.3) is 0 Å². The van der Waals surface area contributed by atoms with Crippen LogP contribution >= 0.6 is 0 Å². The molecule has 1 aromatic carbocycles. The number of nitrogens with one attached hydrogen (secondary N) is 1. The molecule has 3 N–H and O–H groups in total. The van der Waals surface area contributed by atoms with Gasteiger partial charge in [0.15, 0.2) is 0 Å². The third-order valence-corrected chi connectivity index (χ3v) is 6.67. The summed E-state index contributed by atoms with van der Waals surface area (Å²) in [7, 11) is 3.54. The Kier molecular flexibility index (Phi) is 8.65. The number of rotatable bonds is 9. The molecule has 30 heavy (non-hydrogen) atoms. The number of hydrogen-bond acceptors (Lipinski definition) is 3. The zero-order valence-corrected chi connectivity index (χ0v) is 19.4. The second-order valence-corrected chi connectivity index (χ2v) is 8.87. The Morgan fingerprint density at radius 1 is 1.13 bits per heavy atom. The molecule has 1 aliphatic carbocycles. The molecule has 0 aromatic heterocycles. The summed E-state index contributed by atoms with van der Waals surface area (Å²) >= 11 is 0. The van der Waals surface area contributed by atoms with Crippen LogP contribution < -0.4 is 11.1 Å². The van der Waals surface area contributed by atoms with Gasteiger partial charge < -0.3 is 16.0 Å². The van der Waals surface area contributed by atoms with E-state index in [4.69, 9.17) is 5.73 Å². The molecule has 0 spiro atoms. The van der Waals surface area contributed by atoms with Crippen molar-refractivity contribution in [2.24, 2.45) is 5.73 Å². The van der Waals surface area contributed by atoms with E-state index in [-0.39, 0.29) is 17.2 Å². The highest BCUT2D eigenvalue weighted by molar-refractivity contribution is 5.94. The highest BCUT2D eigenvalue weighted by atomic mass is 16.2. The fourth-order valence-corrected chi connectivity index (χ4v) is 4.68. The van der Waals surface area contributed by atoms with Crippen LogP contribution in [0.15, 0.2) is 29.3 Å². The molecule has 1 unspecified atom stereocenters. The molecule has 1 atom stereocenters. The maximum Gasteiger partial charge on any atom is 0.253 e. The Labute approximate surface area is 182 Å². The van der Waals surface area contributed by atoms with Gasteiger partial charge in [-0.2, -0.15) is 0 Å². The summed E-state index contributed by atoms with van der Waals surface area (Å²) in [6.45, 7) is 7.52. The van der Waals surface area contributed by atoms with Crippen molar-refractivity contribution >= 4 is 11.8 Å². The van der Waals surface area contributed by atoms with Crippen LogP contribution in [0.4, 0.5) is 0 Å². The molecular formula is C25H39N3O2. The van der Waals surface area contributed by atoms with Crippen LogP contribution in [0.5, 0.6) is 0 Å². The lowest BCUT2D eigenvalue weighted by molar-refractivity contribution is -0.117. The Bertz CT molecular complexity index is 798. The number of amides is 2. The minimum Gasteiger partial charge on any atom is -0.352 e. The van der Waals surface area contributed by atoms with Crippen molar-refractivity contribution in [3.63, 3.8) is 0 Å². The van der Waals surface area contributed by atoms with Crippen LogP contribution in [-0.4, -0.2) is 43.9 Å². The minimum absolute atomic E-state index is 0.00187. The number of nitrogens with zero attached hydrogens (tertiary/aromatic N) is 1. The zero-order chi connectivity index (χ0) is 22.3. The van der Waals surface area contributed by atoms with E-state index >= 15 is 0 Å². The first-order chi connectivity index (χ1) is 14.3. The molecule has 0 aliphatic heterocycles. The molecular weight excluding hydrogens is 374 g/mol. The molecule has 0 radical (unpaired) electrons. The minimum atomic E-state index is -0.162. The van der Waals surface area contributed by atoms with E-state index < -0.39 is 0 Å². The number of carbonyl (C=O) groups excluding carboxylic acids is 2. The van der Waals surface area contributed by atoms with E-state index in [0.717, 1.165) is 49.7 Å². The second kappa shape index (κ2) is 10.8. The normalized spacial score (nSPS) is 16.2. The van der Waals surface area contributed by atoms with Crippen molar-refractivity contribution < 1.29 is 9.59 Å². The highest BCUT2D eigenvalue weighted by Gasteiger charge is 2.32. The zero-order valence-electron chi connectivity index (χ0n) is 19.4. The summed E-state index contributed by atoms with van der Waals surface area (Å²) in [6, 6.07) is 5.96. The maximum atomic E-state index is 12.7. The van der Waals surface area contributed by atoms with Crippen LogP contribution in [0.1, 0.15) is 80.3 Å². The summed E-state index contributed by atoms with van der Waals surface area (Å²) in [4.78, 5) is 26.9. The first-order valence-electron chi connectivity index (χ1n) is 11.3. The van der Waals surface area contributed by atoms with Gasteiger partial charge in [-0.3, -0.25) is 9.59 Å². The topological polar surface area (TPSA) is 75.4 Å². The molecule has 5 nitrogen and oxygen atoms in total. The molecule has 166 valence electrons. The predicted octanol–water partition coefficient (Wildman–Crippen LogP) is 4.09. The number of hydrogen-bond donors (Lipinski definition) is 2. The quantitative estimate of drug-likeness (QED) is 0.640. The number of benzene rings is 1. The van der Waals surface area contributed by atoms with Gasteiger partial charge >= 0.3 is 0 Å². The molecule has 2 amide bonds. The molecule has 1 aromatic rings. The average molecular weight is 414 g/mol. The van der Waals surface area contributed by atoms with E-state index in [1.54, 1.807) is 19.0 Å². The van der Waals surface area contributed by atoms with E-state index in [1.807, 2.05) is 18.2 Å². The molecule has 0 fully saturated rings. The summed E-state index contributed by atoms with van der Waals surface area (Å²) in [5.41, 5.74) is 11.1. The van der Waals surface area contributed by atoms with E-state index in [1.165, 1.54) is 17.6 Å². The smallest absolute Gasteiger partial charge is 0.253 e. The van der Waals surface area contributed by atoms with Crippen molar-refractivity contribution in [3.05, 3.63) is 46.0 Å². The number of allylic oxidation sites excluding steroid dienone is 1. The summed E-state index contributed by atoms with van der Waals surface area (Å²) < 4.78 is 0. The van der Waals surface area contributed by atoms with Gasteiger partial charge in [-0.1, -0.05) is 18.6 Å². The lowest BCUT2D eigenvalue weighted by Gasteiger charge is -2.35. The molecule has 0 heterocycles. The highest BCUT2D eigenvalue weighted by Crippen LogP contribution is 2.37. The van der Waals surface area contributed by atoms with Gasteiger partial charge in [0.25, 0.3) is 5.91 Å². The fraction of sp³-hybridized carbons (Fsp3) is 0.600. The van der Waals surface area contributed by atoms with Crippen LogP contribution in [0.2, 0.25) is 0 Å². The number of carbonyl (C=O) groups is 2. The lowest BCUT2D eigenvalue weighted by Crippen LogP contribution is -2.36. The third-order valence-electron chi connectivity index (χ3n) is 6.67. The van der Waals surface area contributed by atoms with Gasteiger partial charge in [-0.05, 0) is 94.0 Å². The van der Waals surface area contributed by atoms with Crippen molar-refractivity contribution in [2.45, 2.75) is 71.1 Å². The van der Waals surface area contributed by atoms with Crippen LogP contribution in [-0.2, 0) is 10.2 Å². The maximum absolute atomic E-state index is 12.7. The molecule has 0 saturated heterocycles. The molecule has 2 rings (SSSR count). The lowest BCUT2D eigenvalue weighted by atomic mass is 9.70. The van der Waals surface area contributed by atoms with Gasteiger partial charge in [0.2, 0.25) is 5.91 Å². The second-order valence-electron chi connectivity index (χ2n) is 8.87. The van der Waals surface area contributed by atoms with Crippen molar-refractivity contribution in [1.82, 2.24) is 10.2 Å². The Morgan fingerprint density at radius 2 is 1.83 bits per heavy atom. The largest absolute Gasteiger partial charge is 0.352 e. The van der Waals surface area contributed by atoms with E-state index in [0.29, 0.717) is 18.7 Å². The number of nitrogens with two attached hydrogens (primary N) is 1. The first-order valence-corrected chi connectivity index (χ1v) is 11.3. The SMILES string of the molecule is CCC(CCN)(CCNC(=O)C1=C(C)CCCC1)c1cc(C(=O)N(C)C)ccc1C. The van der Waals surface area contributed by atoms with Crippen LogP contribution in [0, 0.1) is 6.92 Å². The van der Waals surface area contributed by atoms with Gasteiger partial charge in [0, 0.05) is 31.8 Å². The Balaban J connectivity index is 2.24. The monoisotopic (exact) mass is 413 g/mol. The Morgan fingerprint density at radius 3 is 2.43 bits per heavy atom. The van der Waals surface area contributed by atoms with Gasteiger partial charge in [0.05, 0.1) is 0 Å². The van der Waals surface area contributed by atoms with Crippen LogP contribution in [0.3, 0.4) is 0 Å².